The van der Waals surface area contributed by atoms with E-state index in [0.29, 0.717) is 11.3 Å². The Balaban J connectivity index is 1.51. The minimum Gasteiger partial charge on any atom is -0.395 e. The van der Waals surface area contributed by atoms with Crippen LogP contribution in [0.1, 0.15) is 26.4 Å². The second kappa shape index (κ2) is 8.69. The molecule has 33 heavy (non-hydrogen) atoms. The fraction of sp³-hybridized carbons (Fsp3) is 0.136. The van der Waals surface area contributed by atoms with Crippen molar-refractivity contribution in [1.29, 1.82) is 0 Å². The number of alkyl halides is 2. The Hall–Kier alpha value is -4.28. The number of anilines is 2. The fourth-order valence-electron chi connectivity index (χ4n) is 3.12. The Morgan fingerprint density at radius 2 is 1.79 bits per heavy atom. The zero-order valence-corrected chi connectivity index (χ0v) is 17.1. The van der Waals surface area contributed by atoms with E-state index in [2.05, 4.69) is 30.4 Å². The third-order valence-electron chi connectivity index (χ3n) is 4.65. The van der Waals surface area contributed by atoms with E-state index in [9.17, 15) is 22.8 Å². The Kier molecular flexibility index (Phi) is 5.78. The normalized spacial score (nSPS) is 13.3. The number of amides is 2. The van der Waals surface area contributed by atoms with Crippen LogP contribution in [0.25, 0.3) is 0 Å². The van der Waals surface area contributed by atoms with E-state index in [0.717, 1.165) is 6.07 Å². The van der Waals surface area contributed by atoms with Gasteiger partial charge in [0, 0.05) is 37.2 Å². The maximum atomic E-state index is 13.9. The molecule has 3 N–H and O–H groups in total. The van der Waals surface area contributed by atoms with Gasteiger partial charge in [-0.15, -0.1) is 8.78 Å². The van der Waals surface area contributed by atoms with Crippen LogP contribution in [0.4, 0.5) is 24.5 Å². The molecule has 0 bridgehead atoms. The minimum absolute atomic E-state index is 0.0152. The number of fused-ring (bicyclic) bond motifs is 1. The quantitative estimate of drug-likeness (QED) is 0.520. The second-order valence-corrected chi connectivity index (χ2v) is 6.96. The van der Waals surface area contributed by atoms with Crippen molar-refractivity contribution in [3.05, 3.63) is 77.4 Å². The highest BCUT2D eigenvalue weighted by Crippen LogP contribution is 2.42. The van der Waals surface area contributed by atoms with E-state index >= 15 is 0 Å². The number of carbonyl (C=O) groups is 2. The molecule has 2 amide bonds. The van der Waals surface area contributed by atoms with Gasteiger partial charge in [-0.1, -0.05) is 0 Å². The predicted molar refractivity (Wildman–Crippen MR) is 112 cm³/mol. The van der Waals surface area contributed by atoms with E-state index in [1.54, 1.807) is 12.1 Å². The number of hydrogen-bond acceptors (Lipinski definition) is 6. The van der Waals surface area contributed by atoms with Gasteiger partial charge in [-0.3, -0.25) is 14.6 Å². The lowest BCUT2D eigenvalue weighted by atomic mass is 10.1. The molecule has 170 valence electrons. The lowest BCUT2D eigenvalue weighted by Gasteiger charge is -2.13. The summed E-state index contributed by atoms with van der Waals surface area (Å²) in [5, 5.41) is 8.03. The molecule has 11 heteroatoms. The molecular formula is C22H17F3N4O4. The van der Waals surface area contributed by atoms with Crippen LogP contribution >= 0.6 is 0 Å². The topological polar surface area (TPSA) is 102 Å². The van der Waals surface area contributed by atoms with Gasteiger partial charge in [0.2, 0.25) is 0 Å². The number of nitrogens with zero attached hydrogens (tertiary/aromatic N) is 1. The van der Waals surface area contributed by atoms with Crippen LogP contribution in [0.2, 0.25) is 0 Å². The first kappa shape index (κ1) is 21.9. The summed E-state index contributed by atoms with van der Waals surface area (Å²) >= 11 is 0. The molecule has 0 fully saturated rings. The van der Waals surface area contributed by atoms with Crippen molar-refractivity contribution >= 4 is 23.2 Å². The molecule has 0 aliphatic carbocycles. The molecule has 2 aromatic carbocycles. The molecule has 0 unspecified atom stereocenters. The van der Waals surface area contributed by atoms with Crippen LogP contribution in [0.15, 0.2) is 54.7 Å². The van der Waals surface area contributed by atoms with Gasteiger partial charge in [0.05, 0.1) is 5.56 Å². The summed E-state index contributed by atoms with van der Waals surface area (Å²) in [5.74, 6) is -2.06. The molecular weight excluding hydrogens is 441 g/mol. The van der Waals surface area contributed by atoms with Crippen LogP contribution in [-0.2, 0) is 6.54 Å². The number of aromatic nitrogens is 1. The van der Waals surface area contributed by atoms with Gasteiger partial charge in [-0.05, 0) is 48.0 Å². The smallest absolute Gasteiger partial charge is 0.395 e. The summed E-state index contributed by atoms with van der Waals surface area (Å²) in [6.07, 6.45) is -2.31. The van der Waals surface area contributed by atoms with Crippen molar-refractivity contribution in [1.82, 2.24) is 10.3 Å². The van der Waals surface area contributed by atoms with Crippen molar-refractivity contribution < 1.29 is 32.2 Å². The van der Waals surface area contributed by atoms with Crippen LogP contribution in [-0.4, -0.2) is 30.1 Å². The van der Waals surface area contributed by atoms with Gasteiger partial charge < -0.3 is 25.4 Å². The van der Waals surface area contributed by atoms with Crippen LogP contribution < -0.4 is 25.4 Å². The summed E-state index contributed by atoms with van der Waals surface area (Å²) < 4.78 is 49.0. The molecule has 1 aliphatic heterocycles. The summed E-state index contributed by atoms with van der Waals surface area (Å²) in [6.45, 7) is 0.220. The average Bonchev–Trinajstić information content (AvgIpc) is 3.10. The lowest BCUT2D eigenvalue weighted by molar-refractivity contribution is -0.286. The first-order valence-corrected chi connectivity index (χ1v) is 9.66. The largest absolute Gasteiger partial charge is 0.586 e. The van der Waals surface area contributed by atoms with Crippen LogP contribution in [0, 0.1) is 5.82 Å². The molecule has 1 aromatic heterocycles. The van der Waals surface area contributed by atoms with Crippen LogP contribution in [0.3, 0.4) is 0 Å². The third-order valence-corrected chi connectivity index (χ3v) is 4.65. The lowest BCUT2D eigenvalue weighted by Crippen LogP contribution is -2.25. The van der Waals surface area contributed by atoms with E-state index in [-0.39, 0.29) is 40.9 Å². The van der Waals surface area contributed by atoms with Crippen molar-refractivity contribution in [2.45, 2.75) is 12.8 Å². The number of rotatable bonds is 6. The van der Waals surface area contributed by atoms with E-state index in [1.165, 1.54) is 43.6 Å². The summed E-state index contributed by atoms with van der Waals surface area (Å²) in [4.78, 5) is 28.5. The molecule has 1 aliphatic rings. The standard InChI is InChI=1S/C22H17F3N4O4/c1-26-21(31)17-8-12(6-7-27-17)11-28-16-4-2-13(23)9-15(16)20(30)29-14-3-5-18-19(10-14)33-22(24,25)32-18/h2-10,28H,11H2,1H3,(H,26,31)(H,29,30). The molecule has 2 heterocycles. The van der Waals surface area contributed by atoms with Crippen molar-refractivity contribution in [3.8, 4) is 11.5 Å². The Bertz CT molecular complexity index is 1240. The number of carbonyl (C=O) groups excluding carboxylic acids is 2. The summed E-state index contributed by atoms with van der Waals surface area (Å²) in [6, 6.07) is 10.6. The molecule has 3 aromatic rings. The highest BCUT2D eigenvalue weighted by atomic mass is 19.3. The molecule has 8 nitrogen and oxygen atoms in total. The summed E-state index contributed by atoms with van der Waals surface area (Å²) in [7, 11) is 1.49. The maximum Gasteiger partial charge on any atom is 0.586 e. The highest BCUT2D eigenvalue weighted by molar-refractivity contribution is 6.08. The minimum atomic E-state index is -3.78. The molecule has 0 atom stereocenters. The monoisotopic (exact) mass is 458 g/mol. The van der Waals surface area contributed by atoms with Gasteiger partial charge in [0.15, 0.2) is 11.5 Å². The molecule has 0 saturated heterocycles. The highest BCUT2D eigenvalue weighted by Gasteiger charge is 2.43. The van der Waals surface area contributed by atoms with Gasteiger partial charge in [0.1, 0.15) is 11.5 Å². The number of pyridine rings is 1. The molecule has 0 spiro atoms. The van der Waals surface area contributed by atoms with Gasteiger partial charge >= 0.3 is 6.29 Å². The summed E-state index contributed by atoms with van der Waals surface area (Å²) in [5.41, 5.74) is 1.39. The number of halogens is 3. The SMILES string of the molecule is CNC(=O)c1cc(CNc2ccc(F)cc2C(=O)Nc2ccc3c(c2)OC(F)(F)O3)ccn1. The van der Waals surface area contributed by atoms with E-state index < -0.39 is 18.0 Å². The van der Waals surface area contributed by atoms with Crippen molar-refractivity contribution in [3.63, 3.8) is 0 Å². The first-order chi connectivity index (χ1) is 15.7. The molecule has 0 radical (unpaired) electrons. The molecule has 0 saturated carbocycles. The fourth-order valence-corrected chi connectivity index (χ4v) is 3.12. The first-order valence-electron chi connectivity index (χ1n) is 9.66. The zero-order chi connectivity index (χ0) is 23.6. The average molecular weight is 458 g/mol. The molecule has 4 rings (SSSR count). The van der Waals surface area contributed by atoms with E-state index in [1.807, 2.05) is 0 Å². The van der Waals surface area contributed by atoms with Crippen LogP contribution in [0.5, 0.6) is 11.5 Å². The zero-order valence-electron chi connectivity index (χ0n) is 17.1. The maximum absolute atomic E-state index is 13.9. The van der Waals surface area contributed by atoms with Gasteiger partial charge in [-0.2, -0.15) is 0 Å². The second-order valence-electron chi connectivity index (χ2n) is 6.96. The number of nitrogens with one attached hydrogen (secondary N) is 3. The predicted octanol–water partition coefficient (Wildman–Crippen LogP) is 3.77. The number of ether oxygens (including phenoxy) is 2. The van der Waals surface area contributed by atoms with Crippen molar-refractivity contribution in [2.24, 2.45) is 0 Å². The Labute approximate surface area is 185 Å². The van der Waals surface area contributed by atoms with Gasteiger partial charge in [-0.25, -0.2) is 4.39 Å². The number of hydrogen-bond donors (Lipinski definition) is 3. The van der Waals surface area contributed by atoms with Gasteiger partial charge in [0.25, 0.3) is 11.8 Å². The number of benzene rings is 2. The Morgan fingerprint density at radius 3 is 2.58 bits per heavy atom. The van der Waals surface area contributed by atoms with E-state index in [4.69, 9.17) is 0 Å². The third kappa shape index (κ3) is 4.97. The Morgan fingerprint density at radius 1 is 1.00 bits per heavy atom. The van der Waals surface area contributed by atoms with Crippen molar-refractivity contribution in [2.75, 3.05) is 17.7 Å².